The van der Waals surface area contributed by atoms with Gasteiger partial charge in [-0.3, -0.25) is 9.59 Å². The second-order valence-corrected chi connectivity index (χ2v) is 12.2. The number of sulfonamides is 1. The van der Waals surface area contributed by atoms with Crippen LogP contribution in [0.15, 0.2) is 99.3 Å². The van der Waals surface area contributed by atoms with Gasteiger partial charge >= 0.3 is 11.8 Å². The van der Waals surface area contributed by atoms with Crippen molar-refractivity contribution < 1.29 is 22.4 Å². The summed E-state index contributed by atoms with van der Waals surface area (Å²) in [5.74, 6) is -1.24. The smallest absolute Gasteiger partial charge is 0.329 e. The first-order valence-corrected chi connectivity index (χ1v) is 15.0. The lowest BCUT2D eigenvalue weighted by Crippen LogP contribution is -2.39. The molecular formula is C30H28Cl2N4O5S. The summed E-state index contributed by atoms with van der Waals surface area (Å²) < 4.78 is 34.2. The van der Waals surface area contributed by atoms with Crippen LogP contribution in [0.25, 0.3) is 0 Å². The van der Waals surface area contributed by atoms with Gasteiger partial charge in [0.2, 0.25) is 10.0 Å². The summed E-state index contributed by atoms with van der Waals surface area (Å²) in [5, 5.41) is 7.15. The lowest BCUT2D eigenvalue weighted by Gasteiger charge is -2.22. The second-order valence-electron chi connectivity index (χ2n) is 9.43. The highest BCUT2D eigenvalue weighted by Gasteiger charge is 2.27. The van der Waals surface area contributed by atoms with Crippen LogP contribution in [0.3, 0.4) is 0 Å². The van der Waals surface area contributed by atoms with Crippen LogP contribution in [-0.2, 0) is 32.7 Å². The Bertz CT molecular complexity index is 1690. The Balaban J connectivity index is 1.44. The van der Waals surface area contributed by atoms with E-state index < -0.39 is 21.8 Å². The number of benzene rings is 3. The number of amides is 2. The summed E-state index contributed by atoms with van der Waals surface area (Å²) in [5.41, 5.74) is 4.49. The minimum atomic E-state index is -3.95. The number of halogens is 2. The number of furan rings is 1. The SMILES string of the molecule is Cc1ccc(S(=O)(=O)N(Cc2ccc(/C=N/NC(=O)C(=O)N[C@@H](C)c3ccccc3)o2)Cc2ccc(Cl)cc2Cl)cc1. The van der Waals surface area contributed by atoms with Crippen molar-refractivity contribution in [2.24, 2.45) is 5.10 Å². The second kappa shape index (κ2) is 13.8. The van der Waals surface area contributed by atoms with Gasteiger partial charge in [-0.15, -0.1) is 0 Å². The van der Waals surface area contributed by atoms with Gasteiger partial charge in [0.05, 0.1) is 23.7 Å². The van der Waals surface area contributed by atoms with Crippen LogP contribution >= 0.6 is 23.2 Å². The first kappa shape index (κ1) is 31.0. The van der Waals surface area contributed by atoms with Gasteiger partial charge in [-0.2, -0.15) is 9.41 Å². The Morgan fingerprint density at radius 3 is 2.36 bits per heavy atom. The number of carbonyl (C=O) groups is 2. The van der Waals surface area contributed by atoms with Crippen LogP contribution in [-0.4, -0.2) is 30.8 Å². The molecule has 2 N–H and O–H groups in total. The van der Waals surface area contributed by atoms with Gasteiger partial charge in [-0.25, -0.2) is 13.8 Å². The van der Waals surface area contributed by atoms with Gasteiger partial charge in [-0.1, -0.05) is 77.3 Å². The molecule has 2 amide bonds. The first-order valence-electron chi connectivity index (χ1n) is 12.8. The van der Waals surface area contributed by atoms with E-state index in [0.717, 1.165) is 11.1 Å². The fraction of sp³-hybridized carbons (Fsp3) is 0.167. The fourth-order valence-electron chi connectivity index (χ4n) is 3.94. The van der Waals surface area contributed by atoms with E-state index in [1.807, 2.05) is 37.3 Å². The van der Waals surface area contributed by atoms with E-state index in [4.69, 9.17) is 27.6 Å². The van der Waals surface area contributed by atoms with Gasteiger partial charge in [0.1, 0.15) is 11.5 Å². The van der Waals surface area contributed by atoms with Gasteiger partial charge in [0, 0.05) is 16.6 Å². The minimum Gasteiger partial charge on any atom is -0.459 e. The average Bonchev–Trinajstić information content (AvgIpc) is 3.41. The Labute approximate surface area is 254 Å². The summed E-state index contributed by atoms with van der Waals surface area (Å²) in [7, 11) is -3.95. The molecular weight excluding hydrogens is 599 g/mol. The van der Waals surface area contributed by atoms with E-state index in [1.165, 1.54) is 10.5 Å². The molecule has 12 heteroatoms. The quantitative estimate of drug-likeness (QED) is 0.135. The predicted molar refractivity (Wildman–Crippen MR) is 162 cm³/mol. The molecule has 0 bridgehead atoms. The highest BCUT2D eigenvalue weighted by Crippen LogP contribution is 2.27. The third kappa shape index (κ3) is 8.07. The van der Waals surface area contributed by atoms with Crippen molar-refractivity contribution in [2.45, 2.75) is 37.9 Å². The van der Waals surface area contributed by atoms with Crippen LogP contribution < -0.4 is 10.7 Å². The molecule has 1 atom stereocenters. The summed E-state index contributed by atoms with van der Waals surface area (Å²) in [6.07, 6.45) is 1.21. The van der Waals surface area contributed by atoms with Crippen molar-refractivity contribution in [2.75, 3.05) is 0 Å². The number of nitrogens with one attached hydrogen (secondary N) is 2. The van der Waals surface area contributed by atoms with Crippen molar-refractivity contribution in [3.63, 3.8) is 0 Å². The number of aryl methyl sites for hydroxylation is 1. The molecule has 0 aliphatic heterocycles. The zero-order valence-corrected chi connectivity index (χ0v) is 25.1. The van der Waals surface area contributed by atoms with Crippen molar-refractivity contribution in [3.8, 4) is 0 Å². The van der Waals surface area contributed by atoms with E-state index in [-0.39, 0.29) is 29.8 Å². The molecule has 4 aromatic rings. The minimum absolute atomic E-state index is 0.0388. The number of hydrazone groups is 1. The predicted octanol–water partition coefficient (Wildman–Crippen LogP) is 5.61. The van der Waals surface area contributed by atoms with Gasteiger partial charge < -0.3 is 9.73 Å². The lowest BCUT2D eigenvalue weighted by molar-refractivity contribution is -0.139. The van der Waals surface area contributed by atoms with Crippen molar-refractivity contribution >= 4 is 51.3 Å². The Kier molecular flexibility index (Phi) is 10.2. The maximum absolute atomic E-state index is 13.6. The summed E-state index contributed by atoms with van der Waals surface area (Å²) in [6, 6.07) is 23.4. The Morgan fingerprint density at radius 1 is 0.952 bits per heavy atom. The van der Waals surface area contributed by atoms with Crippen molar-refractivity contribution in [1.29, 1.82) is 0 Å². The molecule has 4 rings (SSSR count). The maximum atomic E-state index is 13.6. The first-order chi connectivity index (χ1) is 20.0. The number of carbonyl (C=O) groups excluding carboxylic acids is 2. The van der Waals surface area contributed by atoms with Crippen LogP contribution in [0.4, 0.5) is 0 Å². The molecule has 1 heterocycles. The highest BCUT2D eigenvalue weighted by molar-refractivity contribution is 7.89. The van der Waals surface area contributed by atoms with E-state index in [0.29, 0.717) is 21.4 Å². The summed E-state index contributed by atoms with van der Waals surface area (Å²) in [4.78, 5) is 24.5. The van der Waals surface area contributed by atoms with Gasteiger partial charge in [0.25, 0.3) is 0 Å². The monoisotopic (exact) mass is 626 g/mol. The van der Waals surface area contributed by atoms with E-state index in [1.54, 1.807) is 61.5 Å². The molecule has 0 radical (unpaired) electrons. The van der Waals surface area contributed by atoms with Crippen LogP contribution in [0.1, 0.15) is 41.2 Å². The molecule has 3 aromatic carbocycles. The lowest BCUT2D eigenvalue weighted by atomic mass is 10.1. The Hall–Kier alpha value is -3.96. The van der Waals surface area contributed by atoms with E-state index in [2.05, 4.69) is 15.8 Å². The molecule has 0 unspecified atom stereocenters. The summed E-state index contributed by atoms with van der Waals surface area (Å²) >= 11 is 12.4. The van der Waals surface area contributed by atoms with E-state index in [9.17, 15) is 18.0 Å². The topological polar surface area (TPSA) is 121 Å². The van der Waals surface area contributed by atoms with Crippen LogP contribution in [0.2, 0.25) is 10.0 Å². The van der Waals surface area contributed by atoms with Crippen molar-refractivity contribution in [1.82, 2.24) is 15.0 Å². The van der Waals surface area contributed by atoms with Crippen molar-refractivity contribution in [3.05, 3.63) is 123 Å². The number of rotatable bonds is 10. The maximum Gasteiger partial charge on any atom is 0.329 e. The third-order valence-corrected chi connectivity index (χ3v) is 8.64. The zero-order valence-electron chi connectivity index (χ0n) is 22.8. The summed E-state index contributed by atoms with van der Waals surface area (Å²) in [6.45, 7) is 3.48. The molecule has 1 aromatic heterocycles. The largest absolute Gasteiger partial charge is 0.459 e. The Morgan fingerprint density at radius 2 is 1.67 bits per heavy atom. The van der Waals surface area contributed by atoms with E-state index >= 15 is 0 Å². The zero-order chi connectivity index (χ0) is 30.3. The number of nitrogens with zero attached hydrogens (tertiary/aromatic N) is 2. The fourth-order valence-corrected chi connectivity index (χ4v) is 5.79. The highest BCUT2D eigenvalue weighted by atomic mass is 35.5. The number of hydrogen-bond donors (Lipinski definition) is 2. The normalized spacial score (nSPS) is 12.4. The molecule has 0 aliphatic carbocycles. The molecule has 0 saturated heterocycles. The van der Waals surface area contributed by atoms with Crippen LogP contribution in [0, 0.1) is 6.92 Å². The molecule has 218 valence electrons. The third-order valence-electron chi connectivity index (χ3n) is 6.25. The standard InChI is InChI=1S/C30H28Cl2N4O5S/c1-20-8-14-27(15-9-20)42(39,40)36(18-23-10-11-24(31)16-28(23)32)19-26-13-12-25(41-26)17-33-35-30(38)29(37)34-21(2)22-6-4-3-5-7-22/h3-17,21H,18-19H2,1-2H3,(H,34,37)(H,35,38)/b33-17+/t21-/m0/s1. The molecule has 0 saturated carbocycles. The van der Waals surface area contributed by atoms with Gasteiger partial charge in [-0.05, 0) is 61.4 Å². The molecule has 9 nitrogen and oxygen atoms in total. The van der Waals surface area contributed by atoms with Gasteiger partial charge in [0.15, 0.2) is 0 Å². The molecule has 0 fully saturated rings. The van der Waals surface area contributed by atoms with Crippen LogP contribution in [0.5, 0.6) is 0 Å². The molecule has 42 heavy (non-hydrogen) atoms. The molecule has 0 spiro atoms. The average molecular weight is 628 g/mol. The molecule has 0 aliphatic rings. The number of hydrogen-bond acceptors (Lipinski definition) is 6.